The molecule has 40 heavy (non-hydrogen) atoms. The summed E-state index contributed by atoms with van der Waals surface area (Å²) < 4.78 is -1.63. The van der Waals surface area contributed by atoms with Gasteiger partial charge in [0.05, 0.1) is 0 Å². The SMILES string of the molecule is CCCCCCCCCCCCCCP(I)(CCCCCCCC)(CCCCCCCC)CCCCCCCC. The molecule has 0 aromatic heterocycles. The van der Waals surface area contributed by atoms with E-state index in [9.17, 15) is 0 Å². The molecule has 0 aromatic carbocycles. The number of rotatable bonds is 34. The van der Waals surface area contributed by atoms with Gasteiger partial charge in [-0.2, -0.15) is 0 Å². The van der Waals surface area contributed by atoms with Gasteiger partial charge in [0.1, 0.15) is 0 Å². The monoisotopic (exact) mass is 695 g/mol. The van der Waals surface area contributed by atoms with Crippen molar-refractivity contribution >= 4 is 26.3 Å². The molecule has 0 rings (SSSR count). The summed E-state index contributed by atoms with van der Waals surface area (Å²) >= 11 is 3.24. The van der Waals surface area contributed by atoms with Crippen LogP contribution in [0.1, 0.15) is 220 Å². The molecule has 0 unspecified atom stereocenters. The van der Waals surface area contributed by atoms with Crippen LogP contribution in [0.3, 0.4) is 0 Å². The van der Waals surface area contributed by atoms with Gasteiger partial charge in [-0.25, -0.2) is 0 Å². The summed E-state index contributed by atoms with van der Waals surface area (Å²) in [6, 6.07) is 0. The van der Waals surface area contributed by atoms with Crippen LogP contribution in [-0.2, 0) is 0 Å². The zero-order valence-electron chi connectivity index (χ0n) is 28.9. The van der Waals surface area contributed by atoms with Gasteiger partial charge in [-0.3, -0.25) is 0 Å². The van der Waals surface area contributed by atoms with Crippen LogP contribution in [-0.4, -0.2) is 24.6 Å². The van der Waals surface area contributed by atoms with E-state index in [-0.39, 0.29) is 0 Å². The van der Waals surface area contributed by atoms with Gasteiger partial charge >= 0.3 is 258 Å². The zero-order chi connectivity index (χ0) is 29.5. The van der Waals surface area contributed by atoms with Crippen LogP contribution in [0.25, 0.3) is 0 Å². The Bertz CT molecular complexity index is 446. The Morgan fingerprint density at radius 3 is 0.575 bits per heavy atom. The molecular formula is C38H80IP. The molecule has 0 aliphatic carbocycles. The van der Waals surface area contributed by atoms with E-state index in [1.165, 1.54) is 186 Å². The Morgan fingerprint density at radius 2 is 0.400 bits per heavy atom. The summed E-state index contributed by atoms with van der Waals surface area (Å²) in [5.74, 6) is 0. The molecule has 0 radical (unpaired) electrons. The Hall–Kier alpha value is 1.16. The summed E-state index contributed by atoms with van der Waals surface area (Å²) in [6.45, 7) is 9.39. The molecular weight excluding hydrogens is 614 g/mol. The van der Waals surface area contributed by atoms with Crippen molar-refractivity contribution in [3.63, 3.8) is 0 Å². The van der Waals surface area contributed by atoms with Crippen LogP contribution in [0.2, 0.25) is 0 Å². The average Bonchev–Trinajstić information content (AvgIpc) is 2.95. The Labute approximate surface area is 270 Å². The second-order valence-corrected chi connectivity index (χ2v) is 27.5. The van der Waals surface area contributed by atoms with E-state index < -0.39 is 4.25 Å². The van der Waals surface area contributed by atoms with Gasteiger partial charge < -0.3 is 0 Å². The Kier molecular flexibility index (Phi) is 31.1. The third kappa shape index (κ3) is 25.6. The average molecular weight is 695 g/mol. The first-order valence-electron chi connectivity index (χ1n) is 19.3. The maximum absolute atomic E-state index is 3.24. The van der Waals surface area contributed by atoms with Gasteiger partial charge in [0.25, 0.3) is 0 Å². The molecule has 0 fully saturated rings. The molecule has 0 spiro atoms. The first kappa shape index (κ1) is 41.2. The van der Waals surface area contributed by atoms with Gasteiger partial charge in [-0.1, -0.05) is 13.3 Å². The molecule has 0 N–H and O–H groups in total. The quantitative estimate of drug-likeness (QED) is 0.0357. The van der Waals surface area contributed by atoms with Crippen molar-refractivity contribution in [3.05, 3.63) is 0 Å². The van der Waals surface area contributed by atoms with Crippen molar-refractivity contribution in [2.75, 3.05) is 24.6 Å². The third-order valence-electron chi connectivity index (χ3n) is 9.78. The van der Waals surface area contributed by atoms with Crippen LogP contribution in [0.4, 0.5) is 0 Å². The second-order valence-electron chi connectivity index (χ2n) is 13.9. The molecule has 0 amide bonds. The summed E-state index contributed by atoms with van der Waals surface area (Å²) in [7, 11) is 0. The van der Waals surface area contributed by atoms with Crippen LogP contribution in [0, 0.1) is 0 Å². The molecule has 244 valence electrons. The maximum atomic E-state index is 3.24. The summed E-state index contributed by atoms with van der Waals surface area (Å²) in [4.78, 5) is 0. The molecule has 0 nitrogen and oxygen atoms in total. The fourth-order valence-corrected chi connectivity index (χ4v) is 16.4. The van der Waals surface area contributed by atoms with Crippen molar-refractivity contribution in [2.45, 2.75) is 220 Å². The number of halogens is 1. The topological polar surface area (TPSA) is 0 Å². The normalized spacial score (nSPS) is 13.1. The Morgan fingerprint density at radius 1 is 0.250 bits per heavy atom. The van der Waals surface area contributed by atoms with Crippen molar-refractivity contribution in [2.24, 2.45) is 0 Å². The van der Waals surface area contributed by atoms with Gasteiger partial charge in [-0.05, 0) is 0 Å². The second kappa shape index (κ2) is 30.2. The van der Waals surface area contributed by atoms with E-state index in [4.69, 9.17) is 0 Å². The summed E-state index contributed by atoms with van der Waals surface area (Å²) in [5, 5.41) is 0. The molecule has 0 atom stereocenters. The van der Waals surface area contributed by atoms with Gasteiger partial charge in [0.2, 0.25) is 0 Å². The summed E-state index contributed by atoms with van der Waals surface area (Å²) in [5.41, 5.74) is 0. The molecule has 0 heterocycles. The van der Waals surface area contributed by atoms with Crippen molar-refractivity contribution < 1.29 is 0 Å². The van der Waals surface area contributed by atoms with E-state index >= 15 is 0 Å². The standard InChI is InChI=1S/C38H80IP/c1-5-9-13-17-21-22-23-24-25-26-30-34-38-40(39,35-31-27-18-14-10-6-2,36-32-28-19-15-11-7-3)37-33-29-20-16-12-8-4/h5-38H2,1-4H3. The molecule has 0 aliphatic rings. The van der Waals surface area contributed by atoms with Gasteiger partial charge in [0, 0.05) is 0 Å². The van der Waals surface area contributed by atoms with E-state index in [1.807, 2.05) is 0 Å². The molecule has 0 saturated heterocycles. The van der Waals surface area contributed by atoms with E-state index in [1.54, 1.807) is 31.1 Å². The fraction of sp³-hybridized carbons (Fsp3) is 1.00. The molecule has 0 aromatic rings. The van der Waals surface area contributed by atoms with Crippen molar-refractivity contribution in [1.29, 1.82) is 0 Å². The van der Waals surface area contributed by atoms with Gasteiger partial charge in [0.15, 0.2) is 0 Å². The van der Waals surface area contributed by atoms with E-state index in [0.29, 0.717) is 0 Å². The first-order chi connectivity index (χ1) is 19.5. The molecule has 2 heteroatoms. The van der Waals surface area contributed by atoms with E-state index in [0.717, 1.165) is 0 Å². The number of hydrogen-bond acceptors (Lipinski definition) is 0. The number of hydrogen-bond donors (Lipinski definition) is 0. The Balaban J connectivity index is 4.83. The number of unbranched alkanes of at least 4 members (excludes halogenated alkanes) is 26. The molecule has 0 aliphatic heterocycles. The van der Waals surface area contributed by atoms with Gasteiger partial charge in [-0.15, -0.1) is 0 Å². The molecule has 0 saturated carbocycles. The van der Waals surface area contributed by atoms with Crippen LogP contribution in [0.5, 0.6) is 0 Å². The van der Waals surface area contributed by atoms with Crippen LogP contribution >= 0.6 is 26.3 Å². The van der Waals surface area contributed by atoms with Crippen molar-refractivity contribution in [1.82, 2.24) is 0 Å². The minimum absolute atomic E-state index is 1.37. The predicted molar refractivity (Wildman–Crippen MR) is 202 cm³/mol. The predicted octanol–water partition coefficient (Wildman–Crippen LogP) is 15.7. The van der Waals surface area contributed by atoms with Crippen LogP contribution < -0.4 is 0 Å². The summed E-state index contributed by atoms with van der Waals surface area (Å²) in [6.07, 6.45) is 50.8. The minimum atomic E-state index is -1.63. The van der Waals surface area contributed by atoms with E-state index in [2.05, 4.69) is 49.7 Å². The molecule has 0 bridgehead atoms. The van der Waals surface area contributed by atoms with Crippen LogP contribution in [0.15, 0.2) is 0 Å². The first-order valence-corrected chi connectivity index (χ1v) is 25.0. The third-order valence-corrected chi connectivity index (χ3v) is 21.3. The fourth-order valence-electron chi connectivity index (χ4n) is 6.88. The van der Waals surface area contributed by atoms with Crippen molar-refractivity contribution in [3.8, 4) is 0 Å². The zero-order valence-corrected chi connectivity index (χ0v) is 31.9.